The summed E-state index contributed by atoms with van der Waals surface area (Å²) < 4.78 is 77.9. The van der Waals surface area contributed by atoms with E-state index >= 15 is 14.0 Å². The molecular weight excluding hydrogens is 821 g/mol. The fourth-order valence-corrected chi connectivity index (χ4v) is 9.54. The highest BCUT2D eigenvalue weighted by molar-refractivity contribution is 5.97. The molecule has 340 valence electrons. The molecule has 0 unspecified atom stereocenters. The molecule has 0 aliphatic carbocycles. The van der Waals surface area contributed by atoms with Gasteiger partial charge in [-0.25, -0.2) is 14.1 Å². The Balaban J connectivity index is 1.28. The summed E-state index contributed by atoms with van der Waals surface area (Å²) in [6.07, 6.45) is -4.66. The number of halogens is 4. The van der Waals surface area contributed by atoms with Gasteiger partial charge in [-0.1, -0.05) is 48.5 Å². The van der Waals surface area contributed by atoms with Gasteiger partial charge in [0, 0.05) is 62.3 Å². The Kier molecular flexibility index (Phi) is 12.7. The summed E-state index contributed by atoms with van der Waals surface area (Å²) >= 11 is 0. The van der Waals surface area contributed by atoms with Crippen molar-refractivity contribution in [3.8, 4) is 5.75 Å². The van der Waals surface area contributed by atoms with Crippen LogP contribution in [0, 0.1) is 11.8 Å². The largest absolute Gasteiger partial charge is 0.497 e. The molecule has 3 amide bonds. The first-order chi connectivity index (χ1) is 29.6. The van der Waals surface area contributed by atoms with Crippen molar-refractivity contribution in [2.75, 3.05) is 57.9 Å². The van der Waals surface area contributed by atoms with Gasteiger partial charge in [-0.2, -0.15) is 13.2 Å². The minimum absolute atomic E-state index is 0.0720. The molecule has 15 heteroatoms. The molecule has 3 aromatic rings. The van der Waals surface area contributed by atoms with E-state index in [0.717, 1.165) is 22.6 Å². The van der Waals surface area contributed by atoms with Crippen LogP contribution in [0.2, 0.25) is 0 Å². The number of alkyl halides is 4. The lowest BCUT2D eigenvalue weighted by molar-refractivity contribution is -0.160. The third-order valence-corrected chi connectivity index (χ3v) is 13.0. The Morgan fingerprint density at radius 3 is 2.14 bits per heavy atom. The minimum Gasteiger partial charge on any atom is -0.497 e. The maximum Gasteiger partial charge on any atom is 0.416 e. The fraction of sp³-hybridized carbons (Fsp3) is 0.542. The predicted octanol–water partition coefficient (Wildman–Crippen LogP) is 8.01. The van der Waals surface area contributed by atoms with Crippen molar-refractivity contribution in [3.05, 3.63) is 95.1 Å². The third-order valence-electron chi connectivity index (χ3n) is 13.0. The summed E-state index contributed by atoms with van der Waals surface area (Å²) in [5.41, 5.74) is -2.61. The second-order valence-electron chi connectivity index (χ2n) is 19.4. The minimum atomic E-state index is -4.71. The summed E-state index contributed by atoms with van der Waals surface area (Å²) in [5.74, 6) is -4.79. The van der Waals surface area contributed by atoms with Crippen molar-refractivity contribution in [2.24, 2.45) is 11.8 Å². The van der Waals surface area contributed by atoms with Crippen molar-refractivity contribution in [3.63, 3.8) is 0 Å². The zero-order chi connectivity index (χ0) is 45.6. The van der Waals surface area contributed by atoms with E-state index in [1.54, 1.807) is 49.9 Å². The van der Waals surface area contributed by atoms with Crippen molar-refractivity contribution < 1.29 is 51.0 Å². The average Bonchev–Trinajstić information content (AvgIpc) is 3.95. The molecule has 0 N–H and O–H groups in total. The highest BCUT2D eigenvalue weighted by Gasteiger charge is 2.59. The van der Waals surface area contributed by atoms with E-state index in [4.69, 9.17) is 14.2 Å². The van der Waals surface area contributed by atoms with E-state index in [1.165, 1.54) is 18.1 Å². The summed E-state index contributed by atoms with van der Waals surface area (Å²) in [5, 5.41) is 0. The van der Waals surface area contributed by atoms with Crippen LogP contribution in [0.25, 0.3) is 0 Å². The lowest BCUT2D eigenvalue weighted by atomic mass is 9.85. The Labute approximate surface area is 366 Å². The lowest BCUT2D eigenvalue weighted by Gasteiger charge is -2.36. The molecule has 4 fully saturated rings. The third kappa shape index (κ3) is 9.68. The number of esters is 1. The van der Waals surface area contributed by atoms with Gasteiger partial charge in [0.1, 0.15) is 18.0 Å². The Bertz CT molecular complexity index is 2170. The van der Waals surface area contributed by atoms with Crippen LogP contribution < -0.4 is 9.64 Å². The van der Waals surface area contributed by atoms with Gasteiger partial charge in [0.15, 0.2) is 0 Å². The second-order valence-corrected chi connectivity index (χ2v) is 19.4. The summed E-state index contributed by atoms with van der Waals surface area (Å²) in [6.45, 7) is 11.0. The highest BCUT2D eigenvalue weighted by Crippen LogP contribution is 2.48. The van der Waals surface area contributed by atoms with Crippen LogP contribution in [0.15, 0.2) is 72.8 Å². The van der Waals surface area contributed by atoms with Crippen LogP contribution in [0.5, 0.6) is 5.75 Å². The van der Waals surface area contributed by atoms with Crippen molar-refractivity contribution in [1.82, 2.24) is 14.7 Å². The number of hydrogen-bond acceptors (Lipinski definition) is 9. The maximum atomic E-state index is 18.2. The van der Waals surface area contributed by atoms with E-state index in [1.807, 2.05) is 56.0 Å². The van der Waals surface area contributed by atoms with Gasteiger partial charge < -0.3 is 24.0 Å². The van der Waals surface area contributed by atoms with Gasteiger partial charge in [0.25, 0.3) is 5.91 Å². The predicted molar refractivity (Wildman–Crippen MR) is 228 cm³/mol. The van der Waals surface area contributed by atoms with Crippen LogP contribution in [-0.4, -0.2) is 114 Å². The number of hydrogen-bond donors (Lipinski definition) is 0. The van der Waals surface area contributed by atoms with Gasteiger partial charge in [-0.15, -0.1) is 0 Å². The van der Waals surface area contributed by atoms with Crippen molar-refractivity contribution in [1.29, 1.82) is 0 Å². The zero-order valence-electron chi connectivity index (χ0n) is 37.0. The second kappa shape index (κ2) is 17.4. The lowest BCUT2D eigenvalue weighted by Crippen LogP contribution is -2.51. The van der Waals surface area contributed by atoms with Gasteiger partial charge in [0.2, 0.25) is 11.6 Å². The van der Waals surface area contributed by atoms with Gasteiger partial charge >= 0.3 is 18.2 Å². The van der Waals surface area contributed by atoms with E-state index in [0.29, 0.717) is 29.7 Å². The number of likely N-dealkylation sites (tertiary alicyclic amines) is 2. The van der Waals surface area contributed by atoms with Crippen LogP contribution in [-0.2, 0) is 36.5 Å². The van der Waals surface area contributed by atoms with Crippen LogP contribution in [0.4, 0.5) is 28.0 Å². The number of methoxy groups -OCH3 is 1. The number of ether oxygens (including phenoxy) is 3. The number of piperidine rings is 1. The molecule has 4 heterocycles. The molecule has 3 aromatic carbocycles. The number of rotatable bonds is 9. The molecule has 0 radical (unpaired) electrons. The number of cyclic esters (lactones) is 1. The van der Waals surface area contributed by atoms with Gasteiger partial charge in [0.05, 0.1) is 30.6 Å². The fourth-order valence-electron chi connectivity index (χ4n) is 9.54. The van der Waals surface area contributed by atoms with E-state index in [-0.39, 0.29) is 64.0 Å². The number of carbonyl (C=O) groups excluding carboxylic acids is 4. The quantitative estimate of drug-likeness (QED) is 0.156. The molecule has 5 atom stereocenters. The molecule has 4 aliphatic heterocycles. The first kappa shape index (κ1) is 45.8. The van der Waals surface area contributed by atoms with E-state index < -0.39 is 76.2 Å². The smallest absolute Gasteiger partial charge is 0.416 e. The molecule has 4 aliphatic rings. The molecule has 7 rings (SSSR count). The Morgan fingerprint density at radius 1 is 0.873 bits per heavy atom. The highest BCUT2D eigenvalue weighted by atomic mass is 19.4. The molecule has 63 heavy (non-hydrogen) atoms. The average molecular weight is 879 g/mol. The molecule has 4 saturated heterocycles. The first-order valence-electron chi connectivity index (χ1n) is 21.7. The van der Waals surface area contributed by atoms with E-state index in [2.05, 4.69) is 0 Å². The molecule has 0 aromatic heterocycles. The number of anilines is 1. The standard InChI is InChI=1S/C48H58F4N4O7/c1-45(2,3)55-27-39(31-13-16-35(61-7)17-14-31)47(49,29-55)43(59)54-25-37(38(26-54)41(57)56-34(28-62-44(56)60)23-30-11-9-8-10-12-30)36-18-15-33(48(50,51)52)24-40(36)53-21-19-32(20-22-53)42(58)63-46(4,5)6/h8-18,24,32,34,37-39H,19-23,25-29H2,1-7H3/t34-,37-,38+,39+,47+/m1/s1. The number of imide groups is 1. The van der Waals surface area contributed by atoms with Crippen LogP contribution in [0.3, 0.4) is 0 Å². The van der Waals surface area contributed by atoms with Crippen molar-refractivity contribution >= 4 is 29.6 Å². The van der Waals surface area contributed by atoms with E-state index in [9.17, 15) is 22.8 Å². The van der Waals surface area contributed by atoms with Gasteiger partial charge in [-0.3, -0.25) is 19.3 Å². The van der Waals surface area contributed by atoms with Crippen LogP contribution in [0.1, 0.15) is 88.5 Å². The first-order valence-corrected chi connectivity index (χ1v) is 21.7. The maximum absolute atomic E-state index is 18.2. The summed E-state index contributed by atoms with van der Waals surface area (Å²) in [4.78, 5) is 62.6. The molecule has 0 saturated carbocycles. The SMILES string of the molecule is COc1ccc([C@@H]2CN(C(C)(C)C)C[C@@]2(F)C(=O)N2C[C@H](C(=O)N3C(=O)OC[C@H]3Cc3ccccc3)[C@@H](c3ccc(C(F)(F)F)cc3N3CCC(C(=O)OC(C)(C)C)CC3)C2)cc1. The number of amides is 3. The van der Waals surface area contributed by atoms with Gasteiger partial charge in [-0.05, 0) is 102 Å². The zero-order valence-corrected chi connectivity index (χ0v) is 37.0. The summed E-state index contributed by atoms with van der Waals surface area (Å²) in [6, 6.07) is 18.8. The molecule has 0 bridgehead atoms. The Hall–Kier alpha value is -5.18. The number of carbonyl (C=O) groups is 4. The number of benzene rings is 3. The normalized spacial score (nSPS) is 25.1. The monoisotopic (exact) mass is 878 g/mol. The molecular formula is C48H58F4N4O7. The molecule has 0 spiro atoms. The number of nitrogens with zero attached hydrogens (tertiary/aromatic N) is 4. The van der Waals surface area contributed by atoms with Crippen molar-refractivity contribution in [2.45, 2.75) is 102 Å². The topological polar surface area (TPSA) is 109 Å². The Morgan fingerprint density at radius 2 is 1.54 bits per heavy atom. The van der Waals surface area contributed by atoms with Crippen LogP contribution >= 0.6 is 0 Å². The summed E-state index contributed by atoms with van der Waals surface area (Å²) in [7, 11) is 1.52. The molecule has 11 nitrogen and oxygen atoms in total.